The van der Waals surface area contributed by atoms with Gasteiger partial charge in [0.2, 0.25) is 5.91 Å². The van der Waals surface area contributed by atoms with Crippen molar-refractivity contribution in [3.63, 3.8) is 0 Å². The molecule has 5 rings (SSSR count). The van der Waals surface area contributed by atoms with Gasteiger partial charge in [-0.05, 0) is 85.8 Å². The minimum atomic E-state index is -0.0709. The zero-order valence-electron chi connectivity index (χ0n) is 21.0. The van der Waals surface area contributed by atoms with E-state index in [2.05, 4.69) is 71.8 Å². The molecule has 1 N–H and O–H groups in total. The lowest BCUT2D eigenvalue weighted by Gasteiger charge is -2.33. The lowest BCUT2D eigenvalue weighted by molar-refractivity contribution is -0.123. The maximum absolute atomic E-state index is 14.2. The van der Waals surface area contributed by atoms with Gasteiger partial charge in [0.15, 0.2) is 0 Å². The summed E-state index contributed by atoms with van der Waals surface area (Å²) in [4.78, 5) is 20.5. The first-order valence-electron chi connectivity index (χ1n) is 12.8. The number of pyridine rings is 1. The monoisotopic (exact) mass is 475 g/mol. The van der Waals surface area contributed by atoms with Crippen LogP contribution in [0.2, 0.25) is 0 Å². The van der Waals surface area contributed by atoms with Gasteiger partial charge in [-0.3, -0.25) is 14.7 Å². The average molecular weight is 476 g/mol. The third kappa shape index (κ3) is 5.09. The molecule has 0 bridgehead atoms. The number of aromatic nitrogens is 1. The Labute approximate surface area is 214 Å². The number of hydrogen-bond acceptors (Lipinski definition) is 3. The number of nitrogens with zero attached hydrogens (tertiary/aromatic N) is 2. The van der Waals surface area contributed by atoms with Crippen molar-refractivity contribution in [3.05, 3.63) is 103 Å². The largest absolute Gasteiger partial charge is 0.317 e. The molecule has 1 fully saturated rings. The number of rotatable bonds is 6. The van der Waals surface area contributed by atoms with E-state index in [0.29, 0.717) is 5.92 Å². The second kappa shape index (κ2) is 10.9. The minimum absolute atomic E-state index is 0.0709. The summed E-state index contributed by atoms with van der Waals surface area (Å²) in [6, 6.07) is 31.0. The van der Waals surface area contributed by atoms with Crippen molar-refractivity contribution in [2.45, 2.75) is 26.7 Å². The second-order valence-corrected chi connectivity index (χ2v) is 9.67. The standard InChI is InChI=1S/C32H33N3O/c1-23-22-28(18-21-34-23)26-12-14-29(15-13-26)35(32(36)24(2)25-16-19-33-20-17-25)31-11-7-6-10-30(31)27-8-4-3-5-9-27/h3-15,18,21-22,24-25,33H,16-17,19-20H2,1-2H3. The number of hydrogen-bond donors (Lipinski definition) is 1. The zero-order chi connectivity index (χ0) is 24.9. The number of aryl methyl sites for hydroxylation is 1. The third-order valence-electron chi connectivity index (χ3n) is 7.29. The van der Waals surface area contributed by atoms with Crippen LogP contribution in [0.4, 0.5) is 11.4 Å². The normalized spacial score (nSPS) is 14.8. The molecule has 4 nitrogen and oxygen atoms in total. The molecule has 1 amide bonds. The summed E-state index contributed by atoms with van der Waals surface area (Å²) in [5.74, 6) is 0.459. The lowest BCUT2D eigenvalue weighted by atomic mass is 9.85. The van der Waals surface area contributed by atoms with Crippen LogP contribution < -0.4 is 10.2 Å². The fourth-order valence-corrected chi connectivity index (χ4v) is 5.19. The Balaban J connectivity index is 1.57. The Bertz CT molecular complexity index is 1310. The van der Waals surface area contributed by atoms with Gasteiger partial charge in [-0.25, -0.2) is 0 Å². The van der Waals surface area contributed by atoms with Crippen molar-refractivity contribution in [3.8, 4) is 22.3 Å². The van der Waals surface area contributed by atoms with Crippen LogP contribution in [0, 0.1) is 18.8 Å². The van der Waals surface area contributed by atoms with E-state index in [-0.39, 0.29) is 11.8 Å². The molecule has 1 atom stereocenters. The number of carbonyl (C=O) groups is 1. The number of para-hydroxylation sites is 1. The smallest absolute Gasteiger partial charge is 0.234 e. The topological polar surface area (TPSA) is 45.2 Å². The van der Waals surface area contributed by atoms with E-state index in [4.69, 9.17) is 0 Å². The zero-order valence-corrected chi connectivity index (χ0v) is 21.0. The third-order valence-corrected chi connectivity index (χ3v) is 7.29. The van der Waals surface area contributed by atoms with Gasteiger partial charge in [0.05, 0.1) is 5.69 Å². The molecule has 0 radical (unpaired) electrons. The van der Waals surface area contributed by atoms with Crippen LogP contribution in [0.1, 0.15) is 25.5 Å². The molecule has 36 heavy (non-hydrogen) atoms. The van der Waals surface area contributed by atoms with Crippen LogP contribution in [0.3, 0.4) is 0 Å². The Hall–Kier alpha value is -3.76. The van der Waals surface area contributed by atoms with Crippen LogP contribution >= 0.6 is 0 Å². The van der Waals surface area contributed by atoms with Crippen molar-refractivity contribution in [1.82, 2.24) is 10.3 Å². The Morgan fingerprint density at radius 3 is 2.28 bits per heavy atom. The summed E-state index contributed by atoms with van der Waals surface area (Å²) in [7, 11) is 0. The quantitative estimate of drug-likeness (QED) is 0.326. The molecule has 1 saturated heterocycles. The highest BCUT2D eigenvalue weighted by atomic mass is 16.2. The number of piperidine rings is 1. The van der Waals surface area contributed by atoms with Crippen molar-refractivity contribution < 1.29 is 4.79 Å². The molecular weight excluding hydrogens is 442 g/mol. The SMILES string of the molecule is Cc1cc(-c2ccc(N(C(=O)C(C)C3CCNCC3)c3ccccc3-c3ccccc3)cc2)ccn1. The molecule has 0 saturated carbocycles. The number of carbonyl (C=O) groups excluding carboxylic acids is 1. The van der Waals surface area contributed by atoms with Crippen LogP contribution in [0.25, 0.3) is 22.3 Å². The Morgan fingerprint density at radius 2 is 1.56 bits per heavy atom. The molecule has 182 valence electrons. The van der Waals surface area contributed by atoms with Crippen LogP contribution in [0.5, 0.6) is 0 Å². The summed E-state index contributed by atoms with van der Waals surface area (Å²) >= 11 is 0. The lowest BCUT2D eigenvalue weighted by Crippen LogP contribution is -2.39. The van der Waals surface area contributed by atoms with Gasteiger partial charge in [0, 0.05) is 29.1 Å². The summed E-state index contributed by atoms with van der Waals surface area (Å²) in [5.41, 5.74) is 7.18. The van der Waals surface area contributed by atoms with Crippen LogP contribution in [-0.2, 0) is 4.79 Å². The number of nitrogens with one attached hydrogen (secondary N) is 1. The number of benzene rings is 3. The summed E-state index contributed by atoms with van der Waals surface area (Å²) < 4.78 is 0. The van der Waals surface area contributed by atoms with Gasteiger partial charge in [-0.15, -0.1) is 0 Å². The summed E-state index contributed by atoms with van der Waals surface area (Å²) in [5, 5.41) is 3.43. The van der Waals surface area contributed by atoms with Gasteiger partial charge in [0.1, 0.15) is 0 Å². The number of anilines is 2. The predicted molar refractivity (Wildman–Crippen MR) is 148 cm³/mol. The van der Waals surface area contributed by atoms with E-state index in [9.17, 15) is 4.79 Å². The first kappa shape index (κ1) is 24.0. The number of amides is 1. The van der Waals surface area contributed by atoms with E-state index in [1.54, 1.807) is 0 Å². The van der Waals surface area contributed by atoms with Crippen LogP contribution in [-0.4, -0.2) is 24.0 Å². The van der Waals surface area contributed by atoms with E-state index in [0.717, 1.165) is 65.3 Å². The van der Waals surface area contributed by atoms with E-state index >= 15 is 0 Å². The molecule has 2 heterocycles. The molecule has 1 aliphatic rings. The molecule has 3 aromatic carbocycles. The van der Waals surface area contributed by atoms with Crippen molar-refractivity contribution >= 4 is 17.3 Å². The van der Waals surface area contributed by atoms with Gasteiger partial charge in [-0.2, -0.15) is 0 Å². The summed E-state index contributed by atoms with van der Waals surface area (Å²) in [6.45, 7) is 6.05. The summed E-state index contributed by atoms with van der Waals surface area (Å²) in [6.07, 6.45) is 3.90. The van der Waals surface area contributed by atoms with Crippen molar-refractivity contribution in [2.75, 3.05) is 18.0 Å². The first-order chi connectivity index (χ1) is 17.6. The maximum Gasteiger partial charge on any atom is 0.234 e. The molecule has 4 heteroatoms. The highest BCUT2D eigenvalue weighted by Gasteiger charge is 2.31. The van der Waals surface area contributed by atoms with Gasteiger partial charge >= 0.3 is 0 Å². The van der Waals surface area contributed by atoms with Crippen LogP contribution in [0.15, 0.2) is 97.2 Å². The van der Waals surface area contributed by atoms with Gasteiger partial charge in [-0.1, -0.05) is 67.6 Å². The van der Waals surface area contributed by atoms with E-state index in [1.165, 1.54) is 0 Å². The molecular formula is C32H33N3O. The molecule has 1 aliphatic heterocycles. The van der Waals surface area contributed by atoms with Crippen molar-refractivity contribution in [1.29, 1.82) is 0 Å². The molecule has 0 spiro atoms. The molecule has 1 unspecified atom stereocenters. The highest BCUT2D eigenvalue weighted by Crippen LogP contribution is 2.38. The van der Waals surface area contributed by atoms with Gasteiger partial charge < -0.3 is 5.32 Å². The van der Waals surface area contributed by atoms with Crippen molar-refractivity contribution in [2.24, 2.45) is 11.8 Å². The molecule has 4 aromatic rings. The first-order valence-corrected chi connectivity index (χ1v) is 12.8. The van der Waals surface area contributed by atoms with Gasteiger partial charge in [0.25, 0.3) is 0 Å². The molecule has 1 aromatic heterocycles. The second-order valence-electron chi connectivity index (χ2n) is 9.67. The van der Waals surface area contributed by atoms with E-state index < -0.39 is 0 Å². The molecule has 0 aliphatic carbocycles. The maximum atomic E-state index is 14.2. The Kier molecular flexibility index (Phi) is 7.24. The average Bonchev–Trinajstić information content (AvgIpc) is 2.94. The fourth-order valence-electron chi connectivity index (χ4n) is 5.19. The predicted octanol–water partition coefficient (Wildman–Crippen LogP) is 7.02. The minimum Gasteiger partial charge on any atom is -0.317 e. The Morgan fingerprint density at radius 1 is 0.861 bits per heavy atom. The van der Waals surface area contributed by atoms with E-state index in [1.807, 2.05) is 54.4 Å². The fraction of sp³-hybridized carbons (Fsp3) is 0.250. The highest BCUT2D eigenvalue weighted by molar-refractivity contribution is 6.05.